The van der Waals surface area contributed by atoms with Crippen molar-refractivity contribution in [1.82, 2.24) is 5.43 Å². The number of hydrazone groups is 1. The van der Waals surface area contributed by atoms with Crippen molar-refractivity contribution in [3.63, 3.8) is 0 Å². The molecule has 2 aromatic rings. The molecule has 1 amide bonds. The van der Waals surface area contributed by atoms with Gasteiger partial charge in [-0.05, 0) is 74.9 Å². The van der Waals surface area contributed by atoms with Crippen molar-refractivity contribution in [1.29, 1.82) is 0 Å². The summed E-state index contributed by atoms with van der Waals surface area (Å²) in [6.07, 6.45) is 3.74. The second-order valence-electron chi connectivity index (χ2n) is 8.68. The Morgan fingerprint density at radius 3 is 2.67 bits per heavy atom. The molecule has 1 heterocycles. The maximum atomic E-state index is 12.4. The lowest BCUT2D eigenvalue weighted by Gasteiger charge is -2.47. The van der Waals surface area contributed by atoms with Crippen LogP contribution in [0.15, 0.2) is 35.4 Å². The molecule has 1 atom stereocenters. The second kappa shape index (κ2) is 8.99. The summed E-state index contributed by atoms with van der Waals surface area (Å²) in [6, 6.07) is 9.42. The number of benzene rings is 2. The van der Waals surface area contributed by atoms with Crippen LogP contribution in [-0.4, -0.2) is 24.2 Å². The number of fused-ring (bicyclic) bond motifs is 1. The first-order valence-electron chi connectivity index (χ1n) is 10.3. The standard InChI is InChI=1S/C24H29Cl2N3O/c1-6-9-29-22-12-20(25)17(11-19(22)16(3)13-24(29,4)5)14-27-28-23(30)18-8-7-15(2)10-21(18)26/h7-8,10-12,14,16H,6,9,13H2,1-5H3,(H,28,30)/b27-14-. The maximum Gasteiger partial charge on any atom is 0.272 e. The molecule has 160 valence electrons. The summed E-state index contributed by atoms with van der Waals surface area (Å²) < 4.78 is 0. The molecule has 0 saturated carbocycles. The average molecular weight is 446 g/mol. The van der Waals surface area contributed by atoms with E-state index in [1.807, 2.05) is 19.1 Å². The molecule has 0 aromatic heterocycles. The fourth-order valence-electron chi connectivity index (χ4n) is 4.29. The normalized spacial score (nSPS) is 17.8. The lowest BCUT2D eigenvalue weighted by atomic mass is 9.79. The number of hydrogen-bond donors (Lipinski definition) is 1. The summed E-state index contributed by atoms with van der Waals surface area (Å²) in [6.45, 7) is 11.9. The van der Waals surface area contributed by atoms with E-state index in [0.717, 1.165) is 30.5 Å². The van der Waals surface area contributed by atoms with E-state index >= 15 is 0 Å². The van der Waals surface area contributed by atoms with Gasteiger partial charge in [0.15, 0.2) is 0 Å². The minimum Gasteiger partial charge on any atom is -0.366 e. The highest BCUT2D eigenvalue weighted by Gasteiger charge is 2.36. The third-order valence-electron chi connectivity index (χ3n) is 5.69. The van der Waals surface area contributed by atoms with Crippen molar-refractivity contribution < 1.29 is 4.79 Å². The quantitative estimate of drug-likeness (QED) is 0.417. The molecule has 3 rings (SSSR count). The molecule has 2 aromatic carbocycles. The minimum absolute atomic E-state index is 0.0860. The fourth-order valence-corrected chi connectivity index (χ4v) is 4.82. The molecule has 1 aliphatic heterocycles. The summed E-state index contributed by atoms with van der Waals surface area (Å²) in [5, 5.41) is 5.14. The minimum atomic E-state index is -0.352. The summed E-state index contributed by atoms with van der Waals surface area (Å²) in [4.78, 5) is 14.8. The van der Waals surface area contributed by atoms with E-state index in [1.54, 1.807) is 18.3 Å². The third kappa shape index (κ3) is 4.65. The van der Waals surface area contributed by atoms with Gasteiger partial charge >= 0.3 is 0 Å². The maximum absolute atomic E-state index is 12.4. The van der Waals surface area contributed by atoms with Gasteiger partial charge in [0.05, 0.1) is 21.8 Å². The molecule has 30 heavy (non-hydrogen) atoms. The van der Waals surface area contributed by atoms with Gasteiger partial charge in [-0.25, -0.2) is 5.43 Å². The average Bonchev–Trinajstić information content (AvgIpc) is 2.65. The number of rotatable bonds is 5. The number of nitrogens with zero attached hydrogens (tertiary/aromatic N) is 2. The van der Waals surface area contributed by atoms with Gasteiger partial charge in [-0.15, -0.1) is 0 Å². The highest BCUT2D eigenvalue weighted by molar-refractivity contribution is 6.34. The Hall–Kier alpha value is -2.04. The molecule has 0 aliphatic carbocycles. The zero-order valence-electron chi connectivity index (χ0n) is 18.2. The molecule has 0 fully saturated rings. The van der Waals surface area contributed by atoms with Gasteiger partial charge in [0.2, 0.25) is 0 Å². The largest absolute Gasteiger partial charge is 0.366 e. The van der Waals surface area contributed by atoms with E-state index < -0.39 is 0 Å². The summed E-state index contributed by atoms with van der Waals surface area (Å²) >= 11 is 12.8. The van der Waals surface area contributed by atoms with E-state index in [-0.39, 0.29) is 11.4 Å². The molecule has 0 radical (unpaired) electrons. The second-order valence-corrected chi connectivity index (χ2v) is 9.50. The number of nitrogens with one attached hydrogen (secondary N) is 1. The van der Waals surface area contributed by atoms with Gasteiger partial charge in [0, 0.05) is 23.3 Å². The molecule has 6 heteroatoms. The predicted molar refractivity (Wildman–Crippen MR) is 127 cm³/mol. The van der Waals surface area contributed by atoms with Crippen LogP contribution in [0.3, 0.4) is 0 Å². The molecule has 0 spiro atoms. The Labute approximate surface area is 189 Å². The zero-order valence-corrected chi connectivity index (χ0v) is 19.7. The monoisotopic (exact) mass is 445 g/mol. The van der Waals surface area contributed by atoms with Crippen LogP contribution in [0, 0.1) is 6.92 Å². The van der Waals surface area contributed by atoms with Gasteiger partial charge in [-0.2, -0.15) is 5.10 Å². The SMILES string of the molecule is CCCN1c2cc(Cl)c(/C=N\NC(=O)c3ccc(C)cc3Cl)cc2C(C)CC1(C)C. The van der Waals surface area contributed by atoms with Crippen LogP contribution in [0.4, 0.5) is 5.69 Å². The molecule has 1 N–H and O–H groups in total. The Morgan fingerprint density at radius 2 is 2.00 bits per heavy atom. The number of amides is 1. The van der Waals surface area contributed by atoms with Crippen LogP contribution in [0.25, 0.3) is 0 Å². The number of anilines is 1. The zero-order chi connectivity index (χ0) is 22.1. The van der Waals surface area contributed by atoms with Crippen molar-refractivity contribution in [2.24, 2.45) is 5.10 Å². The lowest BCUT2D eigenvalue weighted by molar-refractivity contribution is 0.0955. The molecular formula is C24H29Cl2N3O. The predicted octanol–water partition coefficient (Wildman–Crippen LogP) is 6.57. The Balaban J connectivity index is 1.84. The van der Waals surface area contributed by atoms with Gasteiger partial charge in [-0.3, -0.25) is 4.79 Å². The number of halogens is 2. The molecule has 0 saturated heterocycles. The Bertz CT molecular complexity index is 985. The van der Waals surface area contributed by atoms with Gasteiger partial charge in [-0.1, -0.05) is 43.1 Å². The van der Waals surface area contributed by atoms with Gasteiger partial charge in [0.1, 0.15) is 0 Å². The van der Waals surface area contributed by atoms with Crippen LogP contribution in [0.1, 0.15) is 73.5 Å². The number of hydrogen-bond acceptors (Lipinski definition) is 3. The van der Waals surface area contributed by atoms with Crippen molar-refractivity contribution in [3.8, 4) is 0 Å². The van der Waals surface area contributed by atoms with E-state index in [0.29, 0.717) is 21.5 Å². The van der Waals surface area contributed by atoms with E-state index in [4.69, 9.17) is 23.2 Å². The van der Waals surface area contributed by atoms with Crippen molar-refractivity contribution in [2.75, 3.05) is 11.4 Å². The third-order valence-corrected chi connectivity index (χ3v) is 6.33. The van der Waals surface area contributed by atoms with Crippen LogP contribution >= 0.6 is 23.2 Å². The Morgan fingerprint density at radius 1 is 1.27 bits per heavy atom. The van der Waals surface area contributed by atoms with Crippen molar-refractivity contribution in [2.45, 2.75) is 58.9 Å². The first-order valence-corrected chi connectivity index (χ1v) is 11.1. The van der Waals surface area contributed by atoms with Crippen LogP contribution in [0.2, 0.25) is 10.0 Å². The lowest BCUT2D eigenvalue weighted by Crippen LogP contribution is -2.48. The summed E-state index contributed by atoms with van der Waals surface area (Å²) in [5.74, 6) is 0.0584. The van der Waals surface area contributed by atoms with Gasteiger partial charge in [0.25, 0.3) is 5.91 Å². The summed E-state index contributed by atoms with van der Waals surface area (Å²) in [5.41, 5.74) is 7.26. The molecule has 1 unspecified atom stereocenters. The van der Waals surface area contributed by atoms with Crippen molar-refractivity contribution in [3.05, 3.63) is 62.6 Å². The Kier molecular flexibility index (Phi) is 6.78. The number of carbonyl (C=O) groups is 1. The van der Waals surface area contributed by atoms with Gasteiger partial charge < -0.3 is 4.90 Å². The molecule has 4 nitrogen and oxygen atoms in total. The topological polar surface area (TPSA) is 44.7 Å². The highest BCUT2D eigenvalue weighted by Crippen LogP contribution is 2.45. The van der Waals surface area contributed by atoms with E-state index in [2.05, 4.69) is 49.2 Å². The number of aryl methyl sites for hydroxylation is 1. The smallest absolute Gasteiger partial charge is 0.272 e. The molecular weight excluding hydrogens is 417 g/mol. The summed E-state index contributed by atoms with van der Waals surface area (Å²) in [7, 11) is 0. The highest BCUT2D eigenvalue weighted by atomic mass is 35.5. The fraction of sp³-hybridized carbons (Fsp3) is 0.417. The van der Waals surface area contributed by atoms with Crippen LogP contribution < -0.4 is 10.3 Å². The number of carbonyl (C=O) groups excluding carboxylic acids is 1. The first kappa shape index (κ1) is 22.6. The van der Waals surface area contributed by atoms with E-state index in [1.165, 1.54) is 11.3 Å². The molecule has 1 aliphatic rings. The van der Waals surface area contributed by atoms with E-state index in [9.17, 15) is 4.79 Å². The first-order chi connectivity index (χ1) is 14.1. The van der Waals surface area contributed by atoms with Crippen molar-refractivity contribution >= 4 is 41.0 Å². The van der Waals surface area contributed by atoms with Crippen LogP contribution in [-0.2, 0) is 0 Å². The molecule has 0 bridgehead atoms. The van der Waals surface area contributed by atoms with Crippen LogP contribution in [0.5, 0.6) is 0 Å².